The van der Waals surface area contributed by atoms with Gasteiger partial charge in [-0.1, -0.05) is 6.07 Å². The number of rotatable bonds is 3. The van der Waals surface area contributed by atoms with Gasteiger partial charge >= 0.3 is 0 Å². The molecule has 0 unspecified atom stereocenters. The molecule has 0 saturated carbocycles. The summed E-state index contributed by atoms with van der Waals surface area (Å²) in [4.78, 5) is 15.2. The lowest BCUT2D eigenvalue weighted by Gasteiger charge is -2.00. The minimum atomic E-state index is -0.184. The molecule has 0 saturated heterocycles. The minimum absolute atomic E-state index is 0.184. The Hall–Kier alpha value is -1.82. The van der Waals surface area contributed by atoms with Crippen LogP contribution in [-0.2, 0) is 0 Å². The monoisotopic (exact) mass is 174 g/mol. The summed E-state index contributed by atoms with van der Waals surface area (Å²) in [5, 5.41) is 2.66. The van der Waals surface area contributed by atoms with Gasteiger partial charge < -0.3 is 5.32 Å². The molecule has 0 atom stereocenters. The molecule has 0 fully saturated rings. The standard InChI is InChI=1S/C10H10N2O/c1-2-3-7-12-10(13)9-6-4-5-8-11-9/h1,4-6,8H,3,7H2,(H,12,13). The molecule has 0 bridgehead atoms. The van der Waals surface area contributed by atoms with Gasteiger partial charge in [0.15, 0.2) is 0 Å². The third kappa shape index (κ3) is 2.96. The molecule has 0 aliphatic rings. The average molecular weight is 174 g/mol. The van der Waals surface area contributed by atoms with Gasteiger partial charge in [0.25, 0.3) is 5.91 Å². The molecule has 1 aromatic heterocycles. The molecule has 0 aromatic carbocycles. The second-order valence-corrected chi connectivity index (χ2v) is 2.43. The SMILES string of the molecule is C#CCCNC(=O)c1ccccn1. The van der Waals surface area contributed by atoms with Crippen molar-refractivity contribution in [3.8, 4) is 12.3 Å². The first-order valence-electron chi connectivity index (χ1n) is 3.97. The van der Waals surface area contributed by atoms with E-state index in [9.17, 15) is 4.79 Å². The number of nitrogens with zero attached hydrogens (tertiary/aromatic N) is 1. The van der Waals surface area contributed by atoms with Crippen molar-refractivity contribution in [1.82, 2.24) is 10.3 Å². The van der Waals surface area contributed by atoms with Crippen LogP contribution < -0.4 is 5.32 Å². The van der Waals surface area contributed by atoms with E-state index in [4.69, 9.17) is 6.42 Å². The van der Waals surface area contributed by atoms with E-state index in [1.54, 1.807) is 24.4 Å². The van der Waals surface area contributed by atoms with Crippen molar-refractivity contribution in [2.24, 2.45) is 0 Å². The number of carbonyl (C=O) groups is 1. The summed E-state index contributed by atoms with van der Waals surface area (Å²) in [6.45, 7) is 0.492. The normalized spacial score (nSPS) is 8.85. The summed E-state index contributed by atoms with van der Waals surface area (Å²) in [5.74, 6) is 2.25. The van der Waals surface area contributed by atoms with Crippen molar-refractivity contribution in [1.29, 1.82) is 0 Å². The highest BCUT2D eigenvalue weighted by Gasteiger charge is 2.03. The highest BCUT2D eigenvalue weighted by Crippen LogP contribution is 1.92. The number of aromatic nitrogens is 1. The van der Waals surface area contributed by atoms with Crippen LogP contribution in [0.15, 0.2) is 24.4 Å². The molecule has 1 aromatic rings. The van der Waals surface area contributed by atoms with E-state index < -0.39 is 0 Å². The van der Waals surface area contributed by atoms with Gasteiger partial charge in [-0.3, -0.25) is 9.78 Å². The van der Waals surface area contributed by atoms with E-state index in [-0.39, 0.29) is 5.91 Å². The Morgan fingerprint density at radius 2 is 2.46 bits per heavy atom. The molecule has 1 rings (SSSR count). The Kier molecular flexibility index (Phi) is 3.52. The predicted octanol–water partition coefficient (Wildman–Crippen LogP) is 0.835. The van der Waals surface area contributed by atoms with Crippen LogP contribution in [0.25, 0.3) is 0 Å². The van der Waals surface area contributed by atoms with E-state index in [0.717, 1.165) is 0 Å². The molecule has 0 spiro atoms. The van der Waals surface area contributed by atoms with Crippen LogP contribution in [0.5, 0.6) is 0 Å². The van der Waals surface area contributed by atoms with Gasteiger partial charge in [0.05, 0.1) is 0 Å². The molecule has 0 radical (unpaired) electrons. The van der Waals surface area contributed by atoms with E-state index in [0.29, 0.717) is 18.7 Å². The number of carbonyl (C=O) groups excluding carboxylic acids is 1. The van der Waals surface area contributed by atoms with Gasteiger partial charge in [0.2, 0.25) is 0 Å². The van der Waals surface area contributed by atoms with Crippen molar-refractivity contribution >= 4 is 5.91 Å². The lowest BCUT2D eigenvalue weighted by molar-refractivity contribution is 0.0949. The molecular formula is C10H10N2O. The van der Waals surface area contributed by atoms with Crippen molar-refractivity contribution in [3.63, 3.8) is 0 Å². The average Bonchev–Trinajstić information content (AvgIpc) is 2.19. The molecule has 0 aliphatic heterocycles. The third-order valence-electron chi connectivity index (χ3n) is 1.45. The van der Waals surface area contributed by atoms with Gasteiger partial charge in [-0.2, -0.15) is 0 Å². The second-order valence-electron chi connectivity index (χ2n) is 2.43. The molecule has 3 nitrogen and oxygen atoms in total. The first-order valence-corrected chi connectivity index (χ1v) is 3.97. The van der Waals surface area contributed by atoms with Gasteiger partial charge in [0.1, 0.15) is 5.69 Å². The summed E-state index contributed by atoms with van der Waals surface area (Å²) in [6, 6.07) is 5.19. The topological polar surface area (TPSA) is 42.0 Å². The zero-order valence-electron chi connectivity index (χ0n) is 7.16. The fourth-order valence-electron chi connectivity index (χ4n) is 0.836. The van der Waals surface area contributed by atoms with Crippen LogP contribution in [0, 0.1) is 12.3 Å². The Labute approximate surface area is 77.2 Å². The molecule has 1 N–H and O–H groups in total. The maximum Gasteiger partial charge on any atom is 0.269 e. The van der Waals surface area contributed by atoms with Crippen LogP contribution in [0.4, 0.5) is 0 Å². The lowest BCUT2D eigenvalue weighted by Crippen LogP contribution is -2.24. The number of hydrogen-bond acceptors (Lipinski definition) is 2. The first kappa shape index (κ1) is 9.27. The molecule has 13 heavy (non-hydrogen) atoms. The molecule has 3 heteroatoms. The maximum absolute atomic E-state index is 11.3. The number of terminal acetylenes is 1. The van der Waals surface area contributed by atoms with E-state index >= 15 is 0 Å². The fraction of sp³-hybridized carbons (Fsp3) is 0.200. The van der Waals surface area contributed by atoms with Crippen molar-refractivity contribution in [2.45, 2.75) is 6.42 Å². The third-order valence-corrected chi connectivity index (χ3v) is 1.45. The highest BCUT2D eigenvalue weighted by atomic mass is 16.1. The van der Waals surface area contributed by atoms with Crippen molar-refractivity contribution in [2.75, 3.05) is 6.54 Å². The van der Waals surface area contributed by atoms with Crippen molar-refractivity contribution < 1.29 is 4.79 Å². The maximum atomic E-state index is 11.3. The number of amides is 1. The second kappa shape index (κ2) is 4.94. The van der Waals surface area contributed by atoms with Gasteiger partial charge in [0, 0.05) is 19.2 Å². The van der Waals surface area contributed by atoms with Crippen LogP contribution >= 0.6 is 0 Å². The smallest absolute Gasteiger partial charge is 0.269 e. The summed E-state index contributed by atoms with van der Waals surface area (Å²) in [6.07, 6.45) is 7.16. The summed E-state index contributed by atoms with van der Waals surface area (Å²) in [7, 11) is 0. The number of nitrogens with one attached hydrogen (secondary N) is 1. The largest absolute Gasteiger partial charge is 0.350 e. The Morgan fingerprint density at radius 3 is 3.08 bits per heavy atom. The van der Waals surface area contributed by atoms with Gasteiger partial charge in [-0.05, 0) is 12.1 Å². The van der Waals surface area contributed by atoms with Crippen LogP contribution in [0.1, 0.15) is 16.9 Å². The fourth-order valence-corrected chi connectivity index (χ4v) is 0.836. The minimum Gasteiger partial charge on any atom is -0.350 e. The molecule has 66 valence electrons. The molecule has 1 heterocycles. The quantitative estimate of drug-likeness (QED) is 0.545. The van der Waals surface area contributed by atoms with E-state index in [1.165, 1.54) is 0 Å². The zero-order chi connectivity index (χ0) is 9.52. The summed E-state index contributed by atoms with van der Waals surface area (Å²) in [5.41, 5.74) is 0.416. The van der Waals surface area contributed by atoms with Crippen LogP contribution in [-0.4, -0.2) is 17.4 Å². The van der Waals surface area contributed by atoms with Crippen LogP contribution in [0.3, 0.4) is 0 Å². The van der Waals surface area contributed by atoms with Crippen LogP contribution in [0.2, 0.25) is 0 Å². The zero-order valence-corrected chi connectivity index (χ0v) is 7.16. The highest BCUT2D eigenvalue weighted by molar-refractivity contribution is 5.92. The Balaban J connectivity index is 2.46. The molecule has 1 amide bonds. The van der Waals surface area contributed by atoms with Gasteiger partial charge in [-0.15, -0.1) is 12.3 Å². The molecular weight excluding hydrogens is 164 g/mol. The van der Waals surface area contributed by atoms with Gasteiger partial charge in [-0.25, -0.2) is 0 Å². The number of hydrogen-bond donors (Lipinski definition) is 1. The predicted molar refractivity (Wildman–Crippen MR) is 50.0 cm³/mol. The van der Waals surface area contributed by atoms with Crippen molar-refractivity contribution in [3.05, 3.63) is 30.1 Å². The Bertz CT molecular complexity index is 313. The first-order chi connectivity index (χ1) is 6.34. The summed E-state index contributed by atoms with van der Waals surface area (Å²) < 4.78 is 0. The van der Waals surface area contributed by atoms with E-state index in [1.807, 2.05) is 0 Å². The van der Waals surface area contributed by atoms with E-state index in [2.05, 4.69) is 16.2 Å². The summed E-state index contributed by atoms with van der Waals surface area (Å²) >= 11 is 0. The number of pyridine rings is 1. The lowest BCUT2D eigenvalue weighted by atomic mass is 10.3. The Morgan fingerprint density at radius 1 is 1.62 bits per heavy atom. The molecule has 0 aliphatic carbocycles.